The molecule has 0 unspecified atom stereocenters. The van der Waals surface area contributed by atoms with Gasteiger partial charge in [0.25, 0.3) is 0 Å². The molecule has 9 aromatic carbocycles. The van der Waals surface area contributed by atoms with Gasteiger partial charge in [0.15, 0.2) is 0 Å². The lowest BCUT2D eigenvalue weighted by Gasteiger charge is -2.56. The Morgan fingerprint density at radius 1 is 0.308 bits per heavy atom. The van der Waals surface area contributed by atoms with Crippen LogP contribution in [-0.2, 0) is 10.8 Å². The third-order valence-corrected chi connectivity index (χ3v) is 15.0. The Balaban J connectivity index is 1.05. The maximum Gasteiger partial charge on any atom is 0.0748 e. The van der Waals surface area contributed by atoms with E-state index in [1.807, 2.05) is 18.5 Å². The predicted molar refractivity (Wildman–Crippen MR) is 266 cm³/mol. The fraction of sp³-hybridized carbons (Fsp3) is 0.0328. The molecule has 4 heteroatoms. The Morgan fingerprint density at radius 3 is 1.06 bits per heavy atom. The topological polar surface area (TPSA) is 23.8 Å². The van der Waals surface area contributed by atoms with E-state index >= 15 is 0 Å². The third kappa shape index (κ3) is 4.16. The molecule has 0 atom stereocenters. The number of benzene rings is 9. The second-order valence-corrected chi connectivity index (χ2v) is 17.8. The molecule has 0 amide bonds. The van der Waals surface area contributed by atoms with Crippen molar-refractivity contribution in [1.82, 2.24) is 9.38 Å². The molecule has 302 valence electrons. The molecule has 3 aliphatic rings. The van der Waals surface area contributed by atoms with Gasteiger partial charge < -0.3 is 14.2 Å². The average Bonchev–Trinajstić information content (AvgIpc) is 3.89. The van der Waals surface area contributed by atoms with Gasteiger partial charge in [-0.1, -0.05) is 158 Å². The molecule has 0 saturated heterocycles. The van der Waals surface area contributed by atoms with Gasteiger partial charge in [0.05, 0.1) is 62.0 Å². The van der Waals surface area contributed by atoms with Gasteiger partial charge >= 0.3 is 0 Å². The third-order valence-electron chi connectivity index (χ3n) is 15.0. The number of fused-ring (bicyclic) bond motifs is 20. The summed E-state index contributed by atoms with van der Waals surface area (Å²) in [6.45, 7) is 0. The lowest BCUT2D eigenvalue weighted by atomic mass is 9.49. The number of pyridine rings is 1. The van der Waals surface area contributed by atoms with E-state index in [-0.39, 0.29) is 0 Å². The minimum Gasteiger partial charge on any atom is -0.310 e. The van der Waals surface area contributed by atoms with Gasteiger partial charge in [-0.15, -0.1) is 0 Å². The first-order valence-electron chi connectivity index (χ1n) is 22.5. The van der Waals surface area contributed by atoms with Crippen LogP contribution >= 0.6 is 0 Å². The van der Waals surface area contributed by atoms with Gasteiger partial charge in [0.1, 0.15) is 0 Å². The summed E-state index contributed by atoms with van der Waals surface area (Å²) in [5.74, 6) is 0. The highest BCUT2D eigenvalue weighted by Gasteiger charge is 2.58. The minimum atomic E-state index is -0.657. The molecule has 0 fully saturated rings. The summed E-state index contributed by atoms with van der Waals surface area (Å²) >= 11 is 0. The fourth-order valence-electron chi connectivity index (χ4n) is 12.8. The SMILES string of the molecule is c1cncc(N2c3ccccc3C3(c4ccccc42)c2ccccc2C2(c4ccccc4N(c4cc5c6ccccc6n6c7ccccc7c(c4)c56)c4ccccc42)c2ccccc23)c1. The van der Waals surface area contributed by atoms with E-state index in [4.69, 9.17) is 0 Å². The average molecular weight is 827 g/mol. The van der Waals surface area contributed by atoms with Crippen LogP contribution in [0.1, 0.15) is 44.5 Å². The maximum atomic E-state index is 4.61. The van der Waals surface area contributed by atoms with Gasteiger partial charge in [0, 0.05) is 33.4 Å². The van der Waals surface area contributed by atoms with Crippen LogP contribution in [0.15, 0.2) is 231 Å². The first kappa shape index (κ1) is 35.0. The van der Waals surface area contributed by atoms with Crippen LogP contribution in [0.25, 0.3) is 38.1 Å². The smallest absolute Gasteiger partial charge is 0.0748 e. The molecular weight excluding hydrogens is 789 g/mol. The van der Waals surface area contributed by atoms with Crippen molar-refractivity contribution in [3.63, 3.8) is 0 Å². The first-order valence-corrected chi connectivity index (χ1v) is 22.5. The molecule has 1 aliphatic carbocycles. The molecule has 15 rings (SSSR count). The normalized spacial score (nSPS) is 15.0. The number of para-hydroxylation sites is 6. The molecule has 4 nitrogen and oxygen atoms in total. The molecule has 0 N–H and O–H groups in total. The van der Waals surface area contributed by atoms with Crippen LogP contribution < -0.4 is 9.80 Å². The van der Waals surface area contributed by atoms with Crippen LogP contribution in [-0.4, -0.2) is 9.38 Å². The highest BCUT2D eigenvalue weighted by molar-refractivity contribution is 6.24. The van der Waals surface area contributed by atoms with E-state index < -0.39 is 10.8 Å². The zero-order chi connectivity index (χ0) is 42.4. The Kier molecular flexibility index (Phi) is 6.79. The van der Waals surface area contributed by atoms with Crippen molar-refractivity contribution < 1.29 is 0 Å². The molecule has 2 aliphatic heterocycles. The van der Waals surface area contributed by atoms with E-state index in [0.29, 0.717) is 0 Å². The van der Waals surface area contributed by atoms with Crippen molar-refractivity contribution in [2.45, 2.75) is 10.8 Å². The maximum absolute atomic E-state index is 4.61. The second-order valence-electron chi connectivity index (χ2n) is 17.8. The Bertz CT molecular complexity index is 3710. The second kappa shape index (κ2) is 12.6. The number of aromatic nitrogens is 2. The van der Waals surface area contributed by atoms with Crippen LogP contribution in [0.4, 0.5) is 34.1 Å². The molecule has 5 heterocycles. The Hall–Kier alpha value is -8.47. The van der Waals surface area contributed by atoms with E-state index in [9.17, 15) is 0 Å². The molecular formula is C61H38N4. The van der Waals surface area contributed by atoms with Crippen LogP contribution in [0.2, 0.25) is 0 Å². The van der Waals surface area contributed by atoms with Gasteiger partial charge in [-0.2, -0.15) is 0 Å². The largest absolute Gasteiger partial charge is 0.310 e. The summed E-state index contributed by atoms with van der Waals surface area (Å²) in [5.41, 5.74) is 19.5. The quantitative estimate of drug-likeness (QED) is 0.173. The van der Waals surface area contributed by atoms with Crippen LogP contribution in [0.3, 0.4) is 0 Å². The fourth-order valence-corrected chi connectivity index (χ4v) is 12.8. The van der Waals surface area contributed by atoms with E-state index in [1.165, 1.54) is 94.0 Å². The van der Waals surface area contributed by atoms with E-state index in [2.05, 4.69) is 232 Å². The van der Waals surface area contributed by atoms with Gasteiger partial charge in [-0.05, 0) is 105 Å². The van der Waals surface area contributed by atoms with Crippen molar-refractivity contribution in [3.8, 4) is 0 Å². The molecule has 2 spiro atoms. The summed E-state index contributed by atoms with van der Waals surface area (Å²) in [6.07, 6.45) is 3.83. The molecule has 0 saturated carbocycles. The number of hydrogen-bond donors (Lipinski definition) is 0. The Labute approximate surface area is 375 Å². The molecule has 3 aromatic heterocycles. The van der Waals surface area contributed by atoms with E-state index in [0.717, 1.165) is 22.7 Å². The lowest BCUT2D eigenvalue weighted by molar-refractivity contribution is 0.607. The van der Waals surface area contributed by atoms with Crippen molar-refractivity contribution >= 4 is 72.2 Å². The highest BCUT2D eigenvalue weighted by Crippen LogP contribution is 2.68. The number of hydrogen-bond acceptors (Lipinski definition) is 3. The van der Waals surface area contributed by atoms with Gasteiger partial charge in [0.2, 0.25) is 0 Å². The summed E-state index contributed by atoms with van der Waals surface area (Å²) in [6, 6.07) is 82.0. The van der Waals surface area contributed by atoms with E-state index in [1.54, 1.807) is 0 Å². The van der Waals surface area contributed by atoms with Gasteiger partial charge in [-0.25, -0.2) is 0 Å². The van der Waals surface area contributed by atoms with Crippen molar-refractivity contribution in [1.29, 1.82) is 0 Å². The van der Waals surface area contributed by atoms with Crippen molar-refractivity contribution in [3.05, 3.63) is 275 Å². The summed E-state index contributed by atoms with van der Waals surface area (Å²) in [4.78, 5) is 9.56. The van der Waals surface area contributed by atoms with Crippen molar-refractivity contribution in [2.75, 3.05) is 9.80 Å². The molecule has 12 aromatic rings. The Morgan fingerprint density at radius 2 is 0.662 bits per heavy atom. The van der Waals surface area contributed by atoms with Crippen LogP contribution in [0, 0.1) is 0 Å². The molecule has 65 heavy (non-hydrogen) atoms. The summed E-state index contributed by atoms with van der Waals surface area (Å²) in [7, 11) is 0. The first-order chi connectivity index (χ1) is 32.3. The number of rotatable bonds is 2. The standard InChI is InChI=1S/C61H38N4/c1-11-29-53-41(19-1)43-36-40(37-44-42-20-2-12-30-54(42)65(53)59(43)44)64-57-33-15-9-27-51(57)61(52-28-10-16-34-58(52)64)47-23-5-3-21-45(47)60(46-22-4-6-24-48(46)61)49-25-7-13-31-55(49)63(39-18-17-35-62-38-39)56-32-14-8-26-50(56)60/h1-38H. The minimum absolute atomic E-state index is 0.637. The number of anilines is 6. The van der Waals surface area contributed by atoms with Gasteiger partial charge in [-0.3, -0.25) is 4.98 Å². The number of nitrogens with zero attached hydrogens (tertiary/aromatic N) is 4. The predicted octanol–water partition coefficient (Wildman–Crippen LogP) is 14.9. The molecule has 0 bridgehead atoms. The van der Waals surface area contributed by atoms with Crippen LogP contribution in [0.5, 0.6) is 0 Å². The molecule has 0 radical (unpaired) electrons. The highest BCUT2D eigenvalue weighted by atomic mass is 15.2. The summed E-state index contributed by atoms with van der Waals surface area (Å²) < 4.78 is 2.47. The zero-order valence-electron chi connectivity index (χ0n) is 35.2. The van der Waals surface area contributed by atoms with Crippen molar-refractivity contribution in [2.24, 2.45) is 0 Å². The zero-order valence-corrected chi connectivity index (χ0v) is 35.2. The monoisotopic (exact) mass is 826 g/mol. The summed E-state index contributed by atoms with van der Waals surface area (Å²) in [5, 5.41) is 5.08. The lowest BCUT2D eigenvalue weighted by Crippen LogP contribution is -2.49.